The van der Waals surface area contributed by atoms with Crippen LogP contribution in [0.4, 0.5) is 13.2 Å². The number of methoxy groups -OCH3 is 1. The normalized spacial score (nSPS) is 14.1. The van der Waals surface area contributed by atoms with Gasteiger partial charge in [-0.1, -0.05) is 0 Å². The van der Waals surface area contributed by atoms with Gasteiger partial charge in [0.05, 0.1) is 43.5 Å². The molecule has 2 aromatic heterocycles. The van der Waals surface area contributed by atoms with Gasteiger partial charge in [0.2, 0.25) is 5.91 Å². The molecule has 4 rings (SSSR count). The average Bonchev–Trinajstić information content (AvgIpc) is 3.64. The number of halogens is 3. The Morgan fingerprint density at radius 2 is 1.83 bits per heavy atom. The van der Waals surface area contributed by atoms with E-state index in [1.165, 1.54) is 56.0 Å². The van der Waals surface area contributed by atoms with Crippen molar-refractivity contribution in [3.63, 3.8) is 0 Å². The fraction of sp³-hybridized carbons (Fsp3) is 0.261. The van der Waals surface area contributed by atoms with Gasteiger partial charge >= 0.3 is 6.18 Å². The maximum Gasteiger partial charge on any atom is 0.420 e. The fourth-order valence-corrected chi connectivity index (χ4v) is 3.24. The van der Waals surface area contributed by atoms with Crippen LogP contribution in [-0.4, -0.2) is 39.6 Å². The van der Waals surface area contributed by atoms with Gasteiger partial charge in [-0.25, -0.2) is 0 Å². The highest BCUT2D eigenvalue weighted by Gasteiger charge is 2.51. The Balaban J connectivity index is 1.36. The van der Waals surface area contributed by atoms with E-state index in [4.69, 9.17) is 9.47 Å². The fourth-order valence-electron chi connectivity index (χ4n) is 3.24. The van der Waals surface area contributed by atoms with E-state index in [9.17, 15) is 22.8 Å². The van der Waals surface area contributed by atoms with Crippen LogP contribution in [0, 0.1) is 0 Å². The van der Waals surface area contributed by atoms with Gasteiger partial charge in [-0.3, -0.25) is 14.6 Å². The molecule has 0 saturated heterocycles. The third-order valence-electron chi connectivity index (χ3n) is 5.33. The molecule has 0 spiro atoms. The molecule has 0 atom stereocenters. The highest BCUT2D eigenvalue weighted by molar-refractivity contribution is 6.00. The lowest BCUT2D eigenvalue weighted by atomic mass is 10.2. The minimum atomic E-state index is -4.64. The number of hydrogen-bond donors (Lipinski definition) is 2. The number of ether oxygens (including phenoxy) is 2. The van der Waals surface area contributed by atoms with Crippen molar-refractivity contribution in [2.45, 2.75) is 31.1 Å². The lowest BCUT2D eigenvalue weighted by Gasteiger charge is -2.17. The number of aromatic nitrogens is 3. The SMILES string of the molecule is COc1ccc(Oc2ccc(CNC(=O)C3(NC(=O)c4ccnnc4)CC3)nc2)c(C(F)(F)F)c1. The summed E-state index contributed by atoms with van der Waals surface area (Å²) < 4.78 is 50.3. The summed E-state index contributed by atoms with van der Waals surface area (Å²) in [6.45, 7) is 0.0594. The standard InChI is InChI=1S/C23H20F3N5O4/c1-34-16-4-5-19(18(10-16)23(24,25)26)35-17-3-2-15(27-13-17)12-28-21(33)22(7-8-22)31-20(32)14-6-9-29-30-11-14/h2-6,9-11,13H,7-8,12H2,1H3,(H,28,33)(H,31,32). The molecule has 2 N–H and O–H groups in total. The third kappa shape index (κ3) is 5.65. The number of carbonyl (C=O) groups is 2. The maximum atomic E-state index is 13.4. The predicted octanol–water partition coefficient (Wildman–Crippen LogP) is 3.27. The Morgan fingerprint density at radius 3 is 2.43 bits per heavy atom. The summed E-state index contributed by atoms with van der Waals surface area (Å²) in [5, 5.41) is 12.7. The van der Waals surface area contributed by atoms with Gasteiger partial charge in [-0.15, -0.1) is 0 Å². The lowest BCUT2D eigenvalue weighted by Crippen LogP contribution is -2.48. The number of rotatable bonds is 8. The van der Waals surface area contributed by atoms with Crippen LogP contribution in [-0.2, 0) is 17.5 Å². The molecule has 1 aliphatic rings. The van der Waals surface area contributed by atoms with Crippen molar-refractivity contribution in [2.75, 3.05) is 7.11 Å². The minimum absolute atomic E-state index is 0.0518. The van der Waals surface area contributed by atoms with E-state index in [2.05, 4.69) is 25.8 Å². The Hall–Kier alpha value is -4.22. The Labute approximate surface area is 197 Å². The molecule has 1 fully saturated rings. The van der Waals surface area contributed by atoms with E-state index in [-0.39, 0.29) is 24.0 Å². The maximum absolute atomic E-state index is 13.4. The number of amides is 2. The lowest BCUT2D eigenvalue weighted by molar-refractivity contribution is -0.138. The molecule has 3 aromatic rings. The highest BCUT2D eigenvalue weighted by atomic mass is 19.4. The smallest absolute Gasteiger partial charge is 0.420 e. The van der Waals surface area contributed by atoms with E-state index in [0.29, 0.717) is 24.1 Å². The predicted molar refractivity (Wildman–Crippen MR) is 116 cm³/mol. The van der Waals surface area contributed by atoms with E-state index in [1.54, 1.807) is 0 Å². The topological polar surface area (TPSA) is 115 Å². The van der Waals surface area contributed by atoms with Gasteiger partial charge in [-0.05, 0) is 49.2 Å². The minimum Gasteiger partial charge on any atom is -0.497 e. The molecule has 0 aliphatic heterocycles. The summed E-state index contributed by atoms with van der Waals surface area (Å²) in [5.74, 6) is -1.03. The summed E-state index contributed by atoms with van der Waals surface area (Å²) >= 11 is 0. The van der Waals surface area contributed by atoms with E-state index >= 15 is 0 Å². The number of hydrogen-bond acceptors (Lipinski definition) is 7. The second kappa shape index (κ2) is 9.57. The number of nitrogens with zero attached hydrogens (tertiary/aromatic N) is 3. The summed E-state index contributed by atoms with van der Waals surface area (Å²) in [6, 6.07) is 7.84. The number of benzene rings is 1. The first-order valence-corrected chi connectivity index (χ1v) is 10.5. The van der Waals surface area contributed by atoms with E-state index < -0.39 is 28.9 Å². The molecule has 182 valence electrons. The van der Waals surface area contributed by atoms with Crippen molar-refractivity contribution in [1.82, 2.24) is 25.8 Å². The molecule has 2 heterocycles. The van der Waals surface area contributed by atoms with Crippen LogP contribution in [0.1, 0.15) is 34.5 Å². The zero-order valence-electron chi connectivity index (χ0n) is 18.4. The quantitative estimate of drug-likeness (QED) is 0.501. The van der Waals surface area contributed by atoms with E-state index in [1.807, 2.05) is 0 Å². The second-order valence-electron chi connectivity index (χ2n) is 7.80. The van der Waals surface area contributed by atoms with Gasteiger partial charge in [0.15, 0.2) is 0 Å². The van der Waals surface area contributed by atoms with Crippen LogP contribution in [0.25, 0.3) is 0 Å². The Kier molecular flexibility index (Phi) is 6.54. The molecule has 35 heavy (non-hydrogen) atoms. The molecule has 1 aliphatic carbocycles. The van der Waals surface area contributed by atoms with Crippen molar-refractivity contribution in [1.29, 1.82) is 0 Å². The molecular formula is C23H20F3N5O4. The molecular weight excluding hydrogens is 467 g/mol. The van der Waals surface area contributed by atoms with Gasteiger partial charge < -0.3 is 20.1 Å². The molecule has 1 saturated carbocycles. The van der Waals surface area contributed by atoms with Gasteiger partial charge in [-0.2, -0.15) is 23.4 Å². The van der Waals surface area contributed by atoms with Crippen molar-refractivity contribution >= 4 is 11.8 Å². The summed E-state index contributed by atoms with van der Waals surface area (Å²) in [5.41, 5.74) is -1.22. The van der Waals surface area contributed by atoms with Crippen LogP contribution in [0.3, 0.4) is 0 Å². The van der Waals surface area contributed by atoms with Gasteiger partial charge in [0.1, 0.15) is 28.4 Å². The van der Waals surface area contributed by atoms with Crippen molar-refractivity contribution in [2.24, 2.45) is 0 Å². The summed E-state index contributed by atoms with van der Waals surface area (Å²) in [4.78, 5) is 29.1. The van der Waals surface area contributed by atoms with Gasteiger partial charge in [0.25, 0.3) is 5.91 Å². The Bertz CT molecular complexity index is 1220. The monoisotopic (exact) mass is 487 g/mol. The van der Waals surface area contributed by atoms with Crippen LogP contribution >= 0.6 is 0 Å². The summed E-state index contributed by atoms with van der Waals surface area (Å²) in [7, 11) is 1.27. The zero-order valence-corrected chi connectivity index (χ0v) is 18.4. The molecule has 0 bridgehead atoms. The zero-order chi connectivity index (χ0) is 25.1. The van der Waals surface area contributed by atoms with Crippen LogP contribution in [0.2, 0.25) is 0 Å². The molecule has 9 nitrogen and oxygen atoms in total. The first-order valence-electron chi connectivity index (χ1n) is 10.5. The molecule has 12 heteroatoms. The van der Waals surface area contributed by atoms with E-state index in [0.717, 1.165) is 6.07 Å². The molecule has 0 radical (unpaired) electrons. The largest absolute Gasteiger partial charge is 0.497 e. The van der Waals surface area contributed by atoms with Crippen LogP contribution in [0.15, 0.2) is 55.0 Å². The van der Waals surface area contributed by atoms with Crippen molar-refractivity contribution in [3.8, 4) is 17.2 Å². The van der Waals surface area contributed by atoms with Crippen LogP contribution in [0.5, 0.6) is 17.2 Å². The third-order valence-corrected chi connectivity index (χ3v) is 5.33. The van der Waals surface area contributed by atoms with Crippen LogP contribution < -0.4 is 20.1 Å². The molecule has 2 amide bonds. The number of alkyl halides is 3. The van der Waals surface area contributed by atoms with Gasteiger partial charge in [0, 0.05) is 0 Å². The highest BCUT2D eigenvalue weighted by Crippen LogP contribution is 2.40. The van der Waals surface area contributed by atoms with Crippen molar-refractivity contribution in [3.05, 3.63) is 71.8 Å². The first kappa shape index (κ1) is 23.9. The Morgan fingerprint density at radius 1 is 1.06 bits per heavy atom. The van der Waals surface area contributed by atoms with Crippen molar-refractivity contribution < 1.29 is 32.2 Å². The molecule has 1 aromatic carbocycles. The summed E-state index contributed by atoms with van der Waals surface area (Å²) in [6.07, 6.45) is 0.298. The first-order chi connectivity index (χ1) is 16.7. The second-order valence-corrected chi connectivity index (χ2v) is 7.80. The average molecular weight is 487 g/mol. The number of pyridine rings is 1. The number of carbonyl (C=O) groups excluding carboxylic acids is 2. The number of nitrogens with one attached hydrogen (secondary N) is 2. The molecule has 0 unspecified atom stereocenters.